The fourth-order valence-corrected chi connectivity index (χ4v) is 3.05. The van der Waals surface area contributed by atoms with Gasteiger partial charge in [0, 0.05) is 13.1 Å². The quantitative estimate of drug-likeness (QED) is 0.550. The predicted octanol–water partition coefficient (Wildman–Crippen LogP) is 0.238. The van der Waals surface area contributed by atoms with E-state index in [-0.39, 0.29) is 38.3 Å². The number of amides is 4. The molecule has 0 unspecified atom stereocenters. The van der Waals surface area contributed by atoms with Crippen LogP contribution in [0.1, 0.15) is 32.3 Å². The second kappa shape index (κ2) is 8.28. The molecule has 0 atom stereocenters. The van der Waals surface area contributed by atoms with Gasteiger partial charge < -0.3 is 26.4 Å². The number of carbonyl (C=O) groups excluding carboxylic acids is 3. The third kappa shape index (κ3) is 4.99. The Bertz CT molecular complexity index is 755. The van der Waals surface area contributed by atoms with Crippen molar-refractivity contribution in [1.29, 1.82) is 0 Å². The van der Waals surface area contributed by atoms with Gasteiger partial charge in [0.05, 0.1) is 6.42 Å². The minimum atomic E-state index is -1.31. The van der Waals surface area contributed by atoms with Crippen LogP contribution in [0, 0.1) is 0 Å². The second-order valence-corrected chi connectivity index (χ2v) is 7.51. The van der Waals surface area contributed by atoms with Crippen molar-refractivity contribution in [3.05, 3.63) is 35.9 Å². The Morgan fingerprint density at radius 3 is 2.21 bits per heavy atom. The highest BCUT2D eigenvalue weighted by molar-refractivity contribution is 5.96. The molecule has 1 saturated heterocycles. The number of nitrogens with one attached hydrogen (secondary N) is 2. The molecule has 0 aromatic heterocycles. The van der Waals surface area contributed by atoms with E-state index < -0.39 is 29.0 Å². The van der Waals surface area contributed by atoms with Crippen molar-refractivity contribution in [2.45, 2.75) is 44.2 Å². The molecule has 9 nitrogen and oxygen atoms in total. The van der Waals surface area contributed by atoms with Gasteiger partial charge >= 0.3 is 6.09 Å². The van der Waals surface area contributed by atoms with Gasteiger partial charge in [-0.1, -0.05) is 30.3 Å². The zero-order valence-electron chi connectivity index (χ0n) is 16.0. The third-order valence-electron chi connectivity index (χ3n) is 4.95. The zero-order valence-corrected chi connectivity index (χ0v) is 16.0. The molecule has 28 heavy (non-hydrogen) atoms. The van der Waals surface area contributed by atoms with Crippen molar-refractivity contribution in [3.8, 4) is 0 Å². The predicted molar refractivity (Wildman–Crippen MR) is 101 cm³/mol. The Morgan fingerprint density at radius 1 is 1.14 bits per heavy atom. The number of carbonyl (C=O) groups is 4. The van der Waals surface area contributed by atoms with Crippen LogP contribution in [-0.4, -0.2) is 58.0 Å². The first-order valence-corrected chi connectivity index (χ1v) is 9.01. The molecule has 0 bridgehead atoms. The Hall–Kier alpha value is -3.10. The lowest BCUT2D eigenvalue weighted by Gasteiger charge is -2.41. The molecular formula is C19H26N4O5. The van der Waals surface area contributed by atoms with E-state index in [1.165, 1.54) is 18.7 Å². The molecule has 0 radical (unpaired) electrons. The summed E-state index contributed by atoms with van der Waals surface area (Å²) in [5, 5.41) is 14.5. The fraction of sp³-hybridized carbons (Fsp3) is 0.474. The molecule has 0 aliphatic carbocycles. The maximum atomic E-state index is 13.0. The van der Waals surface area contributed by atoms with E-state index >= 15 is 0 Å². The highest BCUT2D eigenvalue weighted by atomic mass is 16.4. The number of carboxylic acid groups (broad SMARTS) is 1. The van der Waals surface area contributed by atoms with Crippen molar-refractivity contribution in [2.24, 2.45) is 5.73 Å². The molecule has 1 aliphatic heterocycles. The summed E-state index contributed by atoms with van der Waals surface area (Å²) < 4.78 is 0. The van der Waals surface area contributed by atoms with Gasteiger partial charge in [0.1, 0.15) is 11.1 Å². The fourth-order valence-electron chi connectivity index (χ4n) is 3.05. The lowest BCUT2D eigenvalue weighted by Crippen LogP contribution is -2.67. The number of nitrogens with two attached hydrogens (primary N) is 1. The molecule has 4 amide bonds. The first-order chi connectivity index (χ1) is 13.1. The van der Waals surface area contributed by atoms with Crippen molar-refractivity contribution in [1.82, 2.24) is 15.5 Å². The van der Waals surface area contributed by atoms with Crippen LogP contribution in [0.2, 0.25) is 0 Å². The van der Waals surface area contributed by atoms with Gasteiger partial charge in [0.25, 0.3) is 0 Å². The minimum Gasteiger partial charge on any atom is -0.465 e. The smallest absolute Gasteiger partial charge is 0.407 e. The van der Waals surface area contributed by atoms with Crippen molar-refractivity contribution >= 4 is 23.8 Å². The normalized spacial score (nSPS) is 16.1. The minimum absolute atomic E-state index is 0.0811. The van der Waals surface area contributed by atoms with Gasteiger partial charge in [-0.2, -0.15) is 0 Å². The number of likely N-dealkylation sites (tertiary alicyclic amines) is 1. The summed E-state index contributed by atoms with van der Waals surface area (Å²) in [4.78, 5) is 49.6. The maximum Gasteiger partial charge on any atom is 0.407 e. The summed E-state index contributed by atoms with van der Waals surface area (Å²) in [6.45, 7) is 3.12. The standard InChI is InChI=1S/C19H26N4O5/c1-18(2,15(20)25)22-16(26)19(8-10-23(11-9-19)17(27)28)21-14(24)12-13-6-4-3-5-7-13/h3-7H,8-12H2,1-2H3,(H2,20,25)(H,21,24)(H,22,26)(H,27,28). The highest BCUT2D eigenvalue weighted by Crippen LogP contribution is 2.24. The van der Waals surface area contributed by atoms with Crippen LogP contribution in [0.3, 0.4) is 0 Å². The first-order valence-electron chi connectivity index (χ1n) is 9.01. The Kier molecular flexibility index (Phi) is 6.27. The largest absolute Gasteiger partial charge is 0.465 e. The van der Waals surface area contributed by atoms with Crippen molar-refractivity contribution < 1.29 is 24.3 Å². The molecule has 0 spiro atoms. The molecule has 1 aromatic rings. The molecule has 9 heteroatoms. The average Bonchev–Trinajstić information content (AvgIpc) is 2.62. The number of hydrogen-bond donors (Lipinski definition) is 4. The van der Waals surface area contributed by atoms with Gasteiger partial charge in [-0.05, 0) is 32.3 Å². The van der Waals surface area contributed by atoms with Crippen molar-refractivity contribution in [2.75, 3.05) is 13.1 Å². The summed E-state index contributed by atoms with van der Waals surface area (Å²) >= 11 is 0. The lowest BCUT2D eigenvalue weighted by molar-refractivity contribution is -0.139. The Labute approximate surface area is 163 Å². The van der Waals surface area contributed by atoms with Crippen LogP contribution >= 0.6 is 0 Å². The Morgan fingerprint density at radius 2 is 1.71 bits per heavy atom. The van der Waals surface area contributed by atoms with Crippen LogP contribution in [0.25, 0.3) is 0 Å². The van der Waals surface area contributed by atoms with Gasteiger partial charge in [0.2, 0.25) is 17.7 Å². The molecule has 1 aliphatic rings. The van der Waals surface area contributed by atoms with Crippen molar-refractivity contribution in [3.63, 3.8) is 0 Å². The number of nitrogens with zero attached hydrogens (tertiary/aromatic N) is 1. The second-order valence-electron chi connectivity index (χ2n) is 7.51. The van der Waals surface area contributed by atoms with Crippen LogP contribution in [0.15, 0.2) is 30.3 Å². The van der Waals surface area contributed by atoms with Crippen LogP contribution < -0.4 is 16.4 Å². The summed E-state index contributed by atoms with van der Waals surface area (Å²) in [7, 11) is 0. The molecule has 2 rings (SSSR count). The topological polar surface area (TPSA) is 142 Å². The van der Waals surface area contributed by atoms with E-state index in [9.17, 15) is 19.2 Å². The average molecular weight is 390 g/mol. The first kappa shape index (κ1) is 21.2. The Balaban J connectivity index is 2.19. The number of rotatable bonds is 6. The summed E-state index contributed by atoms with van der Waals surface area (Å²) in [6.07, 6.45) is -0.805. The highest BCUT2D eigenvalue weighted by Gasteiger charge is 2.45. The van der Waals surface area contributed by atoms with E-state index in [0.29, 0.717) is 0 Å². The van der Waals surface area contributed by atoms with Gasteiger partial charge in [-0.3, -0.25) is 14.4 Å². The van der Waals surface area contributed by atoms with E-state index in [2.05, 4.69) is 10.6 Å². The lowest BCUT2D eigenvalue weighted by atomic mass is 9.85. The molecule has 1 aromatic carbocycles. The van der Waals surface area contributed by atoms with E-state index in [4.69, 9.17) is 10.8 Å². The van der Waals surface area contributed by atoms with Crippen LogP contribution in [-0.2, 0) is 20.8 Å². The zero-order chi connectivity index (χ0) is 20.9. The summed E-state index contributed by atoms with van der Waals surface area (Å²) in [6, 6.07) is 9.06. The third-order valence-corrected chi connectivity index (χ3v) is 4.95. The van der Waals surface area contributed by atoms with E-state index in [0.717, 1.165) is 5.56 Å². The van der Waals surface area contributed by atoms with E-state index in [1.54, 1.807) is 12.1 Å². The summed E-state index contributed by atoms with van der Waals surface area (Å²) in [5.74, 6) is -1.63. The monoisotopic (exact) mass is 390 g/mol. The number of hydrogen-bond acceptors (Lipinski definition) is 4. The molecule has 5 N–H and O–H groups in total. The SMILES string of the molecule is CC(C)(NC(=O)C1(NC(=O)Cc2ccccc2)CCN(C(=O)O)CC1)C(N)=O. The van der Waals surface area contributed by atoms with Gasteiger partial charge in [-0.25, -0.2) is 4.79 Å². The molecule has 152 valence electrons. The molecule has 1 fully saturated rings. The summed E-state index contributed by atoms with van der Waals surface area (Å²) in [5.41, 5.74) is 3.50. The molecular weight excluding hydrogens is 364 g/mol. The maximum absolute atomic E-state index is 13.0. The number of primary amides is 1. The number of piperidine rings is 1. The van der Waals surface area contributed by atoms with Crippen LogP contribution in [0.4, 0.5) is 4.79 Å². The van der Waals surface area contributed by atoms with Gasteiger partial charge in [-0.15, -0.1) is 0 Å². The van der Waals surface area contributed by atoms with E-state index in [1.807, 2.05) is 18.2 Å². The van der Waals surface area contributed by atoms with Gasteiger partial charge in [0.15, 0.2) is 0 Å². The molecule has 1 heterocycles. The molecule has 0 saturated carbocycles. The van der Waals surface area contributed by atoms with Crippen LogP contribution in [0.5, 0.6) is 0 Å². The number of benzene rings is 1.